The molecule has 0 atom stereocenters. The summed E-state index contributed by atoms with van der Waals surface area (Å²) in [5, 5.41) is 9.80. The number of nitrogens with zero attached hydrogens (tertiary/aromatic N) is 6. The molecule has 4 aromatic rings. The number of amides is 1. The zero-order valence-corrected chi connectivity index (χ0v) is 16.4. The van der Waals surface area contributed by atoms with Gasteiger partial charge in [-0.25, -0.2) is 9.97 Å². The molecular weight excluding hydrogens is 374 g/mol. The molecule has 0 saturated carbocycles. The van der Waals surface area contributed by atoms with Crippen LogP contribution in [0.4, 0.5) is 0 Å². The minimum absolute atomic E-state index is 0.0313. The van der Waals surface area contributed by atoms with E-state index in [1.165, 1.54) is 4.70 Å². The highest BCUT2D eigenvalue weighted by molar-refractivity contribution is 7.18. The van der Waals surface area contributed by atoms with Gasteiger partial charge in [0.2, 0.25) is 5.91 Å². The van der Waals surface area contributed by atoms with Crippen LogP contribution in [0.15, 0.2) is 36.5 Å². The van der Waals surface area contributed by atoms with Gasteiger partial charge in [-0.2, -0.15) is 9.78 Å². The fourth-order valence-corrected chi connectivity index (χ4v) is 4.14. The van der Waals surface area contributed by atoms with Crippen molar-refractivity contribution in [1.29, 1.82) is 0 Å². The van der Waals surface area contributed by atoms with Crippen LogP contribution in [0.2, 0.25) is 0 Å². The Kier molecular flexibility index (Phi) is 5.16. The minimum atomic E-state index is -0.440. The highest BCUT2D eigenvalue weighted by Crippen LogP contribution is 2.23. The van der Waals surface area contributed by atoms with Gasteiger partial charge in [-0.1, -0.05) is 12.1 Å². The number of fused-ring (bicyclic) bond motifs is 1. The first-order valence-electron chi connectivity index (χ1n) is 9.16. The molecule has 0 spiro atoms. The minimum Gasteiger partial charge on any atom is -0.369 e. The van der Waals surface area contributed by atoms with Gasteiger partial charge < -0.3 is 5.73 Å². The molecule has 1 aromatic carbocycles. The molecule has 0 aliphatic heterocycles. The van der Waals surface area contributed by atoms with Gasteiger partial charge in [0.05, 0.1) is 27.8 Å². The number of para-hydroxylation sites is 1. The van der Waals surface area contributed by atoms with Crippen molar-refractivity contribution in [2.75, 3.05) is 0 Å². The Morgan fingerprint density at radius 2 is 1.96 bits per heavy atom. The standard InChI is InChI=1S/C19H21N7OS/c1-25-19(10-11-21-25)26-17(23-16(24-26)12-15(20)27)8-4-5-9-18-22-13-6-2-3-7-14(13)28-18/h2-3,6-7,10-11H,4-5,8-9,12H2,1H3,(H2,20,27). The van der Waals surface area contributed by atoms with Gasteiger partial charge in [0.1, 0.15) is 5.82 Å². The molecule has 0 radical (unpaired) electrons. The fraction of sp³-hybridized carbons (Fsp3) is 0.316. The zero-order chi connectivity index (χ0) is 19.5. The first-order chi connectivity index (χ1) is 13.6. The summed E-state index contributed by atoms with van der Waals surface area (Å²) in [5.74, 6) is 1.62. The van der Waals surface area contributed by atoms with E-state index in [2.05, 4.69) is 26.2 Å². The fourth-order valence-electron chi connectivity index (χ4n) is 3.13. The molecule has 2 N–H and O–H groups in total. The molecule has 28 heavy (non-hydrogen) atoms. The van der Waals surface area contributed by atoms with Crippen LogP contribution < -0.4 is 5.73 Å². The number of nitrogens with two attached hydrogens (primary N) is 1. The summed E-state index contributed by atoms with van der Waals surface area (Å²) in [5.41, 5.74) is 6.36. The monoisotopic (exact) mass is 395 g/mol. The number of aromatic nitrogens is 6. The van der Waals surface area contributed by atoms with Crippen molar-refractivity contribution >= 4 is 27.5 Å². The maximum Gasteiger partial charge on any atom is 0.225 e. The lowest BCUT2D eigenvalue weighted by molar-refractivity contribution is -0.117. The number of rotatable bonds is 8. The van der Waals surface area contributed by atoms with E-state index >= 15 is 0 Å². The topological polar surface area (TPSA) is 105 Å². The largest absolute Gasteiger partial charge is 0.369 e. The van der Waals surface area contributed by atoms with Crippen LogP contribution >= 0.6 is 11.3 Å². The summed E-state index contributed by atoms with van der Waals surface area (Å²) < 4.78 is 4.71. The van der Waals surface area contributed by atoms with Gasteiger partial charge in [0.25, 0.3) is 0 Å². The molecule has 0 unspecified atom stereocenters. The van der Waals surface area contributed by atoms with Crippen LogP contribution in [0.1, 0.15) is 29.5 Å². The van der Waals surface area contributed by atoms with Crippen molar-refractivity contribution in [2.24, 2.45) is 12.8 Å². The van der Waals surface area contributed by atoms with Crippen molar-refractivity contribution in [3.8, 4) is 5.82 Å². The molecule has 9 heteroatoms. The average Bonchev–Trinajstić information content (AvgIpc) is 3.36. The number of hydrogen-bond donors (Lipinski definition) is 1. The Morgan fingerprint density at radius 3 is 2.71 bits per heavy atom. The second kappa shape index (κ2) is 7.89. The Hall–Kier alpha value is -3.07. The summed E-state index contributed by atoms with van der Waals surface area (Å²) in [4.78, 5) is 20.5. The number of aryl methyl sites for hydroxylation is 3. The quantitative estimate of drug-likeness (QED) is 0.461. The van der Waals surface area contributed by atoms with E-state index in [4.69, 9.17) is 5.73 Å². The van der Waals surface area contributed by atoms with Crippen molar-refractivity contribution in [3.05, 3.63) is 53.2 Å². The molecule has 0 bridgehead atoms. The molecule has 0 aliphatic carbocycles. The van der Waals surface area contributed by atoms with Gasteiger partial charge in [-0.15, -0.1) is 16.4 Å². The third-order valence-corrected chi connectivity index (χ3v) is 5.54. The second-order valence-electron chi connectivity index (χ2n) is 6.59. The van der Waals surface area contributed by atoms with Gasteiger partial charge in [-0.05, 0) is 31.4 Å². The number of carbonyl (C=O) groups is 1. The van der Waals surface area contributed by atoms with E-state index < -0.39 is 5.91 Å². The van der Waals surface area contributed by atoms with Crippen molar-refractivity contribution < 1.29 is 4.79 Å². The number of benzene rings is 1. The van der Waals surface area contributed by atoms with E-state index in [1.807, 2.05) is 31.3 Å². The average molecular weight is 395 g/mol. The van der Waals surface area contributed by atoms with Crippen molar-refractivity contribution in [3.63, 3.8) is 0 Å². The van der Waals surface area contributed by atoms with Crippen molar-refractivity contribution in [1.82, 2.24) is 29.5 Å². The molecule has 0 saturated heterocycles. The van der Waals surface area contributed by atoms with E-state index in [-0.39, 0.29) is 6.42 Å². The Bertz CT molecular complexity index is 1080. The van der Waals surface area contributed by atoms with E-state index in [0.717, 1.165) is 47.8 Å². The molecule has 0 aliphatic rings. The van der Waals surface area contributed by atoms with Crippen molar-refractivity contribution in [2.45, 2.75) is 32.1 Å². The summed E-state index contributed by atoms with van der Waals surface area (Å²) in [6.45, 7) is 0. The molecule has 144 valence electrons. The smallest absolute Gasteiger partial charge is 0.225 e. The first kappa shape index (κ1) is 18.3. The number of primary amides is 1. The maximum atomic E-state index is 11.2. The lowest BCUT2D eigenvalue weighted by Gasteiger charge is -2.05. The van der Waals surface area contributed by atoms with Gasteiger partial charge in [-0.3, -0.25) is 9.48 Å². The second-order valence-corrected chi connectivity index (χ2v) is 7.71. The van der Waals surface area contributed by atoms with Crippen LogP contribution in [0.25, 0.3) is 16.0 Å². The Balaban J connectivity index is 1.44. The molecule has 3 heterocycles. The van der Waals surface area contributed by atoms with E-state index in [0.29, 0.717) is 5.82 Å². The lowest BCUT2D eigenvalue weighted by Crippen LogP contribution is -2.15. The Labute approximate surface area is 166 Å². The number of thiazole rings is 1. The highest BCUT2D eigenvalue weighted by atomic mass is 32.1. The molecule has 1 amide bonds. The third kappa shape index (κ3) is 3.94. The molecule has 8 nitrogen and oxygen atoms in total. The maximum absolute atomic E-state index is 11.2. The highest BCUT2D eigenvalue weighted by Gasteiger charge is 2.15. The summed E-state index contributed by atoms with van der Waals surface area (Å²) in [6.07, 6.45) is 5.38. The van der Waals surface area contributed by atoms with Crippen LogP contribution in [0.5, 0.6) is 0 Å². The van der Waals surface area contributed by atoms with E-state index in [9.17, 15) is 4.79 Å². The van der Waals surface area contributed by atoms with E-state index in [1.54, 1.807) is 26.9 Å². The normalized spacial score (nSPS) is 11.3. The Morgan fingerprint density at radius 1 is 1.14 bits per heavy atom. The molecule has 4 rings (SSSR count). The predicted octanol–water partition coefficient (Wildman–Crippen LogP) is 2.20. The number of unbranched alkanes of at least 4 members (excludes halogenated alkanes) is 1. The number of hydrogen-bond acceptors (Lipinski definition) is 6. The van der Waals surface area contributed by atoms with Gasteiger partial charge in [0.15, 0.2) is 11.6 Å². The SMILES string of the molecule is Cn1nccc1-n1nc(CC(N)=O)nc1CCCCc1nc2ccccc2s1. The summed E-state index contributed by atoms with van der Waals surface area (Å²) in [6, 6.07) is 10.1. The van der Waals surface area contributed by atoms with Crippen LogP contribution in [-0.2, 0) is 31.1 Å². The zero-order valence-electron chi connectivity index (χ0n) is 15.6. The third-order valence-electron chi connectivity index (χ3n) is 4.44. The summed E-state index contributed by atoms with van der Waals surface area (Å²) >= 11 is 1.75. The number of carbonyl (C=O) groups excluding carboxylic acids is 1. The van der Waals surface area contributed by atoms with Gasteiger partial charge in [0, 0.05) is 19.5 Å². The predicted molar refractivity (Wildman–Crippen MR) is 107 cm³/mol. The van der Waals surface area contributed by atoms with Gasteiger partial charge >= 0.3 is 0 Å². The van der Waals surface area contributed by atoms with Crippen LogP contribution in [0.3, 0.4) is 0 Å². The summed E-state index contributed by atoms with van der Waals surface area (Å²) in [7, 11) is 1.85. The first-order valence-corrected chi connectivity index (χ1v) is 9.98. The molecule has 0 fully saturated rings. The molecule has 3 aromatic heterocycles. The van der Waals surface area contributed by atoms with Crippen LogP contribution in [-0.4, -0.2) is 35.4 Å². The van der Waals surface area contributed by atoms with Crippen LogP contribution in [0, 0.1) is 0 Å². The molecular formula is C19H21N7OS. The lowest BCUT2D eigenvalue weighted by atomic mass is 10.2.